The van der Waals surface area contributed by atoms with Crippen LogP contribution in [0, 0.1) is 0 Å². The van der Waals surface area contributed by atoms with Gasteiger partial charge in [0.05, 0.1) is 37.4 Å². The van der Waals surface area contributed by atoms with Gasteiger partial charge in [0.1, 0.15) is 5.01 Å². The van der Waals surface area contributed by atoms with E-state index >= 15 is 0 Å². The van der Waals surface area contributed by atoms with Crippen LogP contribution >= 0.6 is 11.3 Å². The number of morpholine rings is 1. The molecule has 1 atom stereocenters. The number of aromatic nitrogens is 1. The van der Waals surface area contributed by atoms with Gasteiger partial charge in [-0.25, -0.2) is 13.4 Å². The van der Waals surface area contributed by atoms with Crippen molar-refractivity contribution in [1.82, 2.24) is 9.88 Å². The van der Waals surface area contributed by atoms with E-state index in [1.807, 2.05) is 19.1 Å². The molecule has 0 N–H and O–H groups in total. The number of rotatable bonds is 4. The maximum Gasteiger partial charge on any atom is 0.232 e. The summed E-state index contributed by atoms with van der Waals surface area (Å²) in [7, 11) is -3.25. The van der Waals surface area contributed by atoms with E-state index in [4.69, 9.17) is 9.72 Å². The Morgan fingerprint density at radius 2 is 2.08 bits per heavy atom. The van der Waals surface area contributed by atoms with Crippen LogP contribution in [-0.4, -0.2) is 56.9 Å². The topological polar surface area (TPSA) is 62.7 Å². The Labute approximate surface area is 158 Å². The van der Waals surface area contributed by atoms with Crippen LogP contribution in [0.15, 0.2) is 23.6 Å². The molecule has 4 rings (SSSR count). The lowest BCUT2D eigenvalue weighted by molar-refractivity contribution is 0.0342. The number of hydrogen-bond donors (Lipinski definition) is 0. The second-order valence-electron chi connectivity index (χ2n) is 6.97. The van der Waals surface area contributed by atoms with Crippen LogP contribution in [0.2, 0.25) is 0 Å². The predicted molar refractivity (Wildman–Crippen MR) is 104 cm³/mol. The fraction of sp³-hybridized carbons (Fsp3) is 0.500. The molecule has 1 aromatic heterocycles. The average molecular weight is 394 g/mol. The van der Waals surface area contributed by atoms with Crippen LogP contribution in [0.1, 0.15) is 17.5 Å². The van der Waals surface area contributed by atoms with Gasteiger partial charge in [-0.3, -0.25) is 9.21 Å². The Balaban J connectivity index is 1.56. The van der Waals surface area contributed by atoms with Gasteiger partial charge >= 0.3 is 0 Å². The molecule has 0 aliphatic carbocycles. The number of benzene rings is 1. The van der Waals surface area contributed by atoms with Gasteiger partial charge in [0.2, 0.25) is 10.0 Å². The number of nitrogens with zero attached hydrogens (tertiary/aromatic N) is 3. The van der Waals surface area contributed by atoms with Crippen LogP contribution in [0.25, 0.3) is 11.3 Å². The molecule has 1 aromatic carbocycles. The van der Waals surface area contributed by atoms with Gasteiger partial charge < -0.3 is 4.74 Å². The van der Waals surface area contributed by atoms with Crippen molar-refractivity contribution in [2.45, 2.75) is 25.9 Å². The van der Waals surface area contributed by atoms with Crippen LogP contribution < -0.4 is 4.31 Å². The Bertz CT molecular complexity index is 904. The zero-order valence-electron chi connectivity index (χ0n) is 15.0. The smallest absolute Gasteiger partial charge is 0.232 e. The van der Waals surface area contributed by atoms with E-state index in [1.165, 1.54) is 10.6 Å². The number of anilines is 1. The molecule has 2 aliphatic rings. The van der Waals surface area contributed by atoms with Gasteiger partial charge in [0, 0.05) is 30.1 Å². The number of fused-ring (bicyclic) bond motifs is 1. The maximum atomic E-state index is 12.1. The summed E-state index contributed by atoms with van der Waals surface area (Å²) in [5, 5.41) is 3.19. The molecule has 0 saturated carbocycles. The van der Waals surface area contributed by atoms with Crippen LogP contribution in [0.4, 0.5) is 5.69 Å². The molecule has 2 aromatic rings. The molecule has 1 fully saturated rings. The van der Waals surface area contributed by atoms with Crippen LogP contribution in [0.5, 0.6) is 0 Å². The molecule has 0 bridgehead atoms. The van der Waals surface area contributed by atoms with Gasteiger partial charge in [-0.05, 0) is 31.0 Å². The minimum Gasteiger partial charge on any atom is -0.379 e. The predicted octanol–water partition coefficient (Wildman–Crippen LogP) is 2.35. The third-order valence-electron chi connectivity index (χ3n) is 4.90. The summed E-state index contributed by atoms with van der Waals surface area (Å²) >= 11 is 1.68. The Kier molecular flexibility index (Phi) is 4.77. The minimum absolute atomic E-state index is 0.0393. The van der Waals surface area contributed by atoms with Crippen molar-refractivity contribution in [2.24, 2.45) is 0 Å². The first-order chi connectivity index (χ1) is 12.4. The van der Waals surface area contributed by atoms with Gasteiger partial charge in [0.15, 0.2) is 0 Å². The van der Waals surface area contributed by atoms with Crippen molar-refractivity contribution in [3.8, 4) is 11.3 Å². The fourth-order valence-corrected chi connectivity index (χ4v) is 5.84. The summed E-state index contributed by atoms with van der Waals surface area (Å²) < 4.78 is 31.0. The molecule has 2 aliphatic heterocycles. The zero-order chi connectivity index (χ0) is 18.3. The molecular formula is C18H23N3O3S2. The minimum atomic E-state index is -3.25. The highest BCUT2D eigenvalue weighted by Gasteiger charge is 2.32. The lowest BCUT2D eigenvalue weighted by atomic mass is 10.1. The fourth-order valence-electron chi connectivity index (χ4n) is 3.73. The monoisotopic (exact) mass is 393 g/mol. The van der Waals surface area contributed by atoms with E-state index < -0.39 is 10.0 Å². The molecule has 0 spiro atoms. The van der Waals surface area contributed by atoms with E-state index in [9.17, 15) is 8.42 Å². The number of thiazole rings is 1. The molecule has 8 heteroatoms. The van der Waals surface area contributed by atoms with Crippen molar-refractivity contribution < 1.29 is 13.2 Å². The SMILES string of the molecule is CC1Cc2cc(-c3csc(CN4CCOCC4)n3)ccc2N1S(C)(=O)=O. The van der Waals surface area contributed by atoms with Gasteiger partial charge in [-0.15, -0.1) is 11.3 Å². The normalized spacial score (nSPS) is 21.2. The number of ether oxygens (including phenoxy) is 1. The second kappa shape index (κ2) is 6.92. The molecule has 0 amide bonds. The van der Waals surface area contributed by atoms with Crippen molar-refractivity contribution in [2.75, 3.05) is 36.9 Å². The summed E-state index contributed by atoms with van der Waals surface area (Å²) in [6.07, 6.45) is 2.01. The third kappa shape index (κ3) is 3.51. The van der Waals surface area contributed by atoms with E-state index in [2.05, 4.69) is 16.3 Å². The van der Waals surface area contributed by atoms with Crippen molar-refractivity contribution in [3.63, 3.8) is 0 Å². The average Bonchev–Trinajstić information content (AvgIpc) is 3.17. The molecular weight excluding hydrogens is 370 g/mol. The van der Waals surface area contributed by atoms with Crippen molar-refractivity contribution in [3.05, 3.63) is 34.2 Å². The Hall–Kier alpha value is -1.48. The highest BCUT2D eigenvalue weighted by Crippen LogP contribution is 2.37. The standard InChI is InChI=1S/C18H23N3O3S2/c1-13-9-15-10-14(3-4-17(15)21(13)26(2,22)23)16-12-25-18(19-16)11-20-5-7-24-8-6-20/h3-4,10,12-13H,5-9,11H2,1-2H3. The summed E-state index contributed by atoms with van der Waals surface area (Å²) in [6, 6.07) is 5.94. The van der Waals surface area contributed by atoms with E-state index in [0.717, 1.165) is 66.8 Å². The molecule has 1 unspecified atom stereocenters. The summed E-state index contributed by atoms with van der Waals surface area (Å²) in [6.45, 7) is 6.29. The van der Waals surface area contributed by atoms with Gasteiger partial charge in [0.25, 0.3) is 0 Å². The van der Waals surface area contributed by atoms with E-state index in [1.54, 1.807) is 11.3 Å². The summed E-state index contributed by atoms with van der Waals surface area (Å²) in [5.74, 6) is 0. The maximum absolute atomic E-state index is 12.1. The highest BCUT2D eigenvalue weighted by molar-refractivity contribution is 7.92. The zero-order valence-corrected chi connectivity index (χ0v) is 16.6. The first kappa shape index (κ1) is 17.9. The van der Waals surface area contributed by atoms with E-state index in [0.29, 0.717) is 0 Å². The lowest BCUT2D eigenvalue weighted by Gasteiger charge is -2.25. The first-order valence-electron chi connectivity index (χ1n) is 8.79. The van der Waals surface area contributed by atoms with E-state index in [-0.39, 0.29) is 6.04 Å². The Morgan fingerprint density at radius 1 is 1.31 bits per heavy atom. The number of hydrogen-bond acceptors (Lipinski definition) is 6. The Morgan fingerprint density at radius 3 is 2.81 bits per heavy atom. The lowest BCUT2D eigenvalue weighted by Crippen LogP contribution is -2.35. The van der Waals surface area contributed by atoms with Gasteiger partial charge in [-0.2, -0.15) is 0 Å². The summed E-state index contributed by atoms with van der Waals surface area (Å²) in [4.78, 5) is 7.15. The highest BCUT2D eigenvalue weighted by atomic mass is 32.2. The second-order valence-corrected chi connectivity index (χ2v) is 9.77. The van der Waals surface area contributed by atoms with Crippen molar-refractivity contribution in [1.29, 1.82) is 0 Å². The summed E-state index contributed by atoms with van der Waals surface area (Å²) in [5.41, 5.74) is 3.89. The third-order valence-corrected chi connectivity index (χ3v) is 7.00. The molecule has 6 nitrogen and oxygen atoms in total. The quantitative estimate of drug-likeness (QED) is 0.798. The van der Waals surface area contributed by atoms with Crippen molar-refractivity contribution >= 4 is 27.0 Å². The molecule has 0 radical (unpaired) electrons. The molecule has 26 heavy (non-hydrogen) atoms. The first-order valence-corrected chi connectivity index (χ1v) is 11.5. The molecule has 140 valence electrons. The molecule has 1 saturated heterocycles. The number of sulfonamides is 1. The van der Waals surface area contributed by atoms with Crippen LogP contribution in [0.3, 0.4) is 0 Å². The van der Waals surface area contributed by atoms with Gasteiger partial charge in [-0.1, -0.05) is 6.07 Å². The largest absolute Gasteiger partial charge is 0.379 e. The molecule has 3 heterocycles. The van der Waals surface area contributed by atoms with Crippen LogP contribution in [-0.2, 0) is 27.7 Å².